The van der Waals surface area contributed by atoms with Crippen LogP contribution in [0.25, 0.3) is 0 Å². The Balaban J connectivity index is 2.03. The van der Waals surface area contributed by atoms with E-state index in [0.717, 1.165) is 31.6 Å². The lowest BCUT2D eigenvalue weighted by Gasteiger charge is -2.33. The molecule has 1 aromatic heterocycles. The van der Waals surface area contributed by atoms with Gasteiger partial charge in [0, 0.05) is 5.41 Å². The summed E-state index contributed by atoms with van der Waals surface area (Å²) in [6, 6.07) is -0.160. The van der Waals surface area contributed by atoms with E-state index in [4.69, 9.17) is 6.42 Å². The Labute approximate surface area is 132 Å². The quantitative estimate of drug-likeness (QED) is 0.870. The largest absolute Gasteiger partial charge is 0.322 e. The molecule has 0 aromatic carbocycles. The van der Waals surface area contributed by atoms with E-state index in [2.05, 4.69) is 46.9 Å². The third kappa shape index (κ3) is 4.05. The molecule has 1 fully saturated rings. The summed E-state index contributed by atoms with van der Waals surface area (Å²) in [7, 11) is 0. The van der Waals surface area contributed by atoms with Crippen LogP contribution in [-0.4, -0.2) is 39.9 Å². The van der Waals surface area contributed by atoms with Gasteiger partial charge >= 0.3 is 0 Å². The second-order valence-corrected chi connectivity index (χ2v) is 6.72. The van der Waals surface area contributed by atoms with Crippen LogP contribution in [0.5, 0.6) is 0 Å². The molecular weight excluding hydrogens is 276 g/mol. The number of hydrogen-bond donors (Lipinski definition) is 1. The number of nitrogens with zero attached hydrogens (tertiary/aromatic N) is 3. The maximum Gasteiger partial charge on any atom is 0.241 e. The van der Waals surface area contributed by atoms with Crippen LogP contribution in [0.2, 0.25) is 0 Å². The minimum Gasteiger partial charge on any atom is -0.322 e. The molecule has 0 radical (unpaired) electrons. The Morgan fingerprint density at radius 1 is 1.41 bits per heavy atom. The fraction of sp³-hybridized carbons (Fsp3) is 0.588. The molecule has 0 unspecified atom stereocenters. The highest BCUT2D eigenvalue weighted by atomic mass is 16.2. The molecule has 1 aromatic rings. The zero-order chi connectivity index (χ0) is 16.2. The Bertz CT molecular complexity index is 554. The van der Waals surface area contributed by atoms with Gasteiger partial charge in [-0.2, -0.15) is 0 Å². The van der Waals surface area contributed by atoms with Crippen LogP contribution in [0.1, 0.15) is 45.9 Å². The Hall–Kier alpha value is -1.93. The van der Waals surface area contributed by atoms with E-state index in [-0.39, 0.29) is 17.4 Å². The average molecular weight is 300 g/mol. The Morgan fingerprint density at radius 2 is 2.09 bits per heavy atom. The maximum atomic E-state index is 12.5. The third-order valence-electron chi connectivity index (χ3n) is 3.80. The first-order chi connectivity index (χ1) is 10.4. The summed E-state index contributed by atoms with van der Waals surface area (Å²) in [5.74, 6) is 3.37. The number of aromatic nitrogens is 2. The summed E-state index contributed by atoms with van der Waals surface area (Å²) in [6.45, 7) is 7.56. The molecule has 0 bridgehead atoms. The molecule has 0 spiro atoms. The average Bonchev–Trinajstić information content (AvgIpc) is 2.47. The molecule has 1 N–H and O–H groups in total. The number of anilines is 1. The first-order valence-corrected chi connectivity index (χ1v) is 7.72. The number of likely N-dealkylation sites (tertiary alicyclic amines) is 1. The van der Waals surface area contributed by atoms with Crippen LogP contribution in [0.15, 0.2) is 12.4 Å². The summed E-state index contributed by atoms with van der Waals surface area (Å²) >= 11 is 0. The van der Waals surface area contributed by atoms with Gasteiger partial charge in [0.1, 0.15) is 5.82 Å². The predicted molar refractivity (Wildman–Crippen MR) is 87.4 cm³/mol. The molecule has 0 saturated carbocycles. The molecule has 22 heavy (non-hydrogen) atoms. The summed E-state index contributed by atoms with van der Waals surface area (Å²) in [5, 5.41) is 2.90. The molecule has 2 heterocycles. The first-order valence-electron chi connectivity index (χ1n) is 7.72. The van der Waals surface area contributed by atoms with Gasteiger partial charge in [-0.05, 0) is 19.4 Å². The van der Waals surface area contributed by atoms with Gasteiger partial charge in [0.2, 0.25) is 5.91 Å². The van der Waals surface area contributed by atoms with Crippen molar-refractivity contribution in [2.75, 3.05) is 18.4 Å². The Kier molecular flexibility index (Phi) is 5.15. The summed E-state index contributed by atoms with van der Waals surface area (Å²) < 4.78 is 0. The lowest BCUT2D eigenvalue weighted by Crippen LogP contribution is -2.47. The summed E-state index contributed by atoms with van der Waals surface area (Å²) in [4.78, 5) is 23.2. The van der Waals surface area contributed by atoms with E-state index in [9.17, 15) is 4.79 Å². The molecule has 2 rings (SSSR count). The van der Waals surface area contributed by atoms with Crippen molar-refractivity contribution in [3.05, 3.63) is 18.2 Å². The van der Waals surface area contributed by atoms with Gasteiger partial charge < -0.3 is 5.32 Å². The van der Waals surface area contributed by atoms with Gasteiger partial charge in [0.05, 0.1) is 30.7 Å². The molecule has 118 valence electrons. The van der Waals surface area contributed by atoms with Crippen molar-refractivity contribution in [3.8, 4) is 12.3 Å². The minimum atomic E-state index is -0.160. The van der Waals surface area contributed by atoms with E-state index < -0.39 is 0 Å². The lowest BCUT2D eigenvalue weighted by atomic mass is 9.96. The van der Waals surface area contributed by atoms with Crippen molar-refractivity contribution in [1.29, 1.82) is 0 Å². The van der Waals surface area contributed by atoms with Crippen molar-refractivity contribution in [3.63, 3.8) is 0 Å². The van der Waals surface area contributed by atoms with Crippen LogP contribution in [0.3, 0.4) is 0 Å². The zero-order valence-corrected chi connectivity index (χ0v) is 13.6. The van der Waals surface area contributed by atoms with Crippen LogP contribution >= 0.6 is 0 Å². The first kappa shape index (κ1) is 16.4. The molecule has 5 nitrogen and oxygen atoms in total. The molecule has 1 aliphatic rings. The number of rotatable bonds is 3. The standard InChI is InChI=1S/C17H24N4O/c1-5-9-21-10-7-6-8-14(21)15(22)20-13-11-18-16(19-12-13)17(2,3)4/h1,11-12,14H,6-10H2,2-4H3,(H,20,22)/t14-/m0/s1. The Morgan fingerprint density at radius 3 is 2.68 bits per heavy atom. The van der Waals surface area contributed by atoms with Crippen LogP contribution in [0.4, 0.5) is 5.69 Å². The van der Waals surface area contributed by atoms with Crippen LogP contribution in [0, 0.1) is 12.3 Å². The molecule has 1 saturated heterocycles. The van der Waals surface area contributed by atoms with Gasteiger partial charge in [0.15, 0.2) is 0 Å². The smallest absolute Gasteiger partial charge is 0.241 e. The molecule has 1 amide bonds. The highest BCUT2D eigenvalue weighted by Gasteiger charge is 2.28. The number of amides is 1. The van der Waals surface area contributed by atoms with Crippen LogP contribution in [-0.2, 0) is 10.2 Å². The maximum absolute atomic E-state index is 12.5. The van der Waals surface area contributed by atoms with E-state index in [1.807, 2.05) is 0 Å². The number of hydrogen-bond acceptors (Lipinski definition) is 4. The number of piperidine rings is 1. The predicted octanol–water partition coefficient (Wildman–Crippen LogP) is 2.20. The highest BCUT2D eigenvalue weighted by molar-refractivity contribution is 5.94. The van der Waals surface area contributed by atoms with Gasteiger partial charge in [-0.1, -0.05) is 33.1 Å². The lowest BCUT2D eigenvalue weighted by molar-refractivity contribution is -0.122. The van der Waals surface area contributed by atoms with E-state index in [1.54, 1.807) is 12.4 Å². The monoisotopic (exact) mass is 300 g/mol. The number of carbonyl (C=O) groups excluding carboxylic acids is 1. The van der Waals surface area contributed by atoms with Gasteiger partial charge in [-0.25, -0.2) is 9.97 Å². The van der Waals surface area contributed by atoms with Crippen molar-refractivity contribution in [1.82, 2.24) is 14.9 Å². The molecular formula is C17H24N4O. The highest BCUT2D eigenvalue weighted by Crippen LogP contribution is 2.20. The topological polar surface area (TPSA) is 58.1 Å². The van der Waals surface area contributed by atoms with Gasteiger partial charge in [0.25, 0.3) is 0 Å². The van der Waals surface area contributed by atoms with Gasteiger partial charge in [-0.3, -0.25) is 9.69 Å². The van der Waals surface area contributed by atoms with E-state index in [0.29, 0.717) is 12.2 Å². The van der Waals surface area contributed by atoms with Crippen molar-refractivity contribution < 1.29 is 4.79 Å². The van der Waals surface area contributed by atoms with E-state index in [1.165, 1.54) is 0 Å². The van der Waals surface area contributed by atoms with Crippen molar-refractivity contribution in [2.24, 2.45) is 0 Å². The second kappa shape index (κ2) is 6.89. The van der Waals surface area contributed by atoms with Crippen LogP contribution < -0.4 is 5.32 Å². The molecule has 0 aliphatic carbocycles. The SMILES string of the molecule is C#CCN1CCCC[C@H]1C(=O)Nc1cnc(C(C)(C)C)nc1. The third-order valence-corrected chi connectivity index (χ3v) is 3.80. The van der Waals surface area contributed by atoms with Crippen molar-refractivity contribution >= 4 is 11.6 Å². The molecule has 1 aliphatic heterocycles. The number of carbonyl (C=O) groups is 1. The fourth-order valence-corrected chi connectivity index (χ4v) is 2.60. The number of nitrogens with one attached hydrogen (secondary N) is 1. The summed E-state index contributed by atoms with van der Waals surface area (Å²) in [5.41, 5.74) is 0.527. The number of terminal acetylenes is 1. The molecule has 5 heteroatoms. The molecule has 1 atom stereocenters. The van der Waals surface area contributed by atoms with Gasteiger partial charge in [-0.15, -0.1) is 6.42 Å². The van der Waals surface area contributed by atoms with Crippen molar-refractivity contribution in [2.45, 2.75) is 51.5 Å². The fourth-order valence-electron chi connectivity index (χ4n) is 2.60. The minimum absolute atomic E-state index is 0.0259. The normalized spacial score (nSPS) is 19.5. The zero-order valence-electron chi connectivity index (χ0n) is 13.6. The van der Waals surface area contributed by atoms with E-state index >= 15 is 0 Å². The summed E-state index contributed by atoms with van der Waals surface area (Å²) in [6.07, 6.45) is 11.7. The second-order valence-electron chi connectivity index (χ2n) is 6.72.